The van der Waals surface area contributed by atoms with Crippen LogP contribution in [0.15, 0.2) is 78.9 Å². The zero-order valence-electron chi connectivity index (χ0n) is 27.8. The van der Waals surface area contributed by atoms with Crippen molar-refractivity contribution in [2.24, 2.45) is 0 Å². The number of hydrogen-bond donors (Lipinski definition) is 2. The van der Waals surface area contributed by atoms with Gasteiger partial charge in [0.1, 0.15) is 41.4 Å². The van der Waals surface area contributed by atoms with Crippen molar-refractivity contribution in [1.82, 2.24) is 19.8 Å². The Kier molecular flexibility index (Phi) is 10.8. The van der Waals surface area contributed by atoms with Crippen molar-refractivity contribution in [2.45, 2.75) is 78.3 Å². The Hall–Kier alpha value is -5.19. The number of nitrogens with one attached hydrogen (secondary N) is 2. The van der Waals surface area contributed by atoms with Crippen molar-refractivity contribution in [3.63, 3.8) is 0 Å². The van der Waals surface area contributed by atoms with Crippen LogP contribution >= 0.6 is 0 Å². The molecule has 0 bridgehead atoms. The first-order valence-electron chi connectivity index (χ1n) is 16.1. The first-order valence-corrected chi connectivity index (χ1v) is 16.1. The van der Waals surface area contributed by atoms with Gasteiger partial charge in [-0.25, -0.2) is 14.2 Å². The molecule has 0 unspecified atom stereocenters. The second kappa shape index (κ2) is 15.1. The van der Waals surface area contributed by atoms with Crippen LogP contribution in [0, 0.1) is 12.7 Å². The van der Waals surface area contributed by atoms with Crippen LogP contribution in [0.25, 0.3) is 11.3 Å². The largest absolute Gasteiger partial charge is 0.461 e. The van der Waals surface area contributed by atoms with Crippen LogP contribution in [-0.2, 0) is 38.8 Å². The summed E-state index contributed by atoms with van der Waals surface area (Å²) >= 11 is 0. The van der Waals surface area contributed by atoms with Crippen LogP contribution in [0.5, 0.6) is 0 Å². The summed E-state index contributed by atoms with van der Waals surface area (Å²) in [5, 5.41) is 6.21. The molecule has 1 aromatic heterocycles. The van der Waals surface area contributed by atoms with Gasteiger partial charge in [0, 0.05) is 30.8 Å². The van der Waals surface area contributed by atoms with E-state index >= 15 is 0 Å². The van der Waals surface area contributed by atoms with Crippen LogP contribution < -0.4 is 10.6 Å². The molecule has 3 aromatic carbocycles. The average molecular weight is 656 g/mol. The van der Waals surface area contributed by atoms with Gasteiger partial charge in [0.05, 0.1) is 6.54 Å². The van der Waals surface area contributed by atoms with Gasteiger partial charge in [-0.2, -0.15) is 0 Å². The lowest BCUT2D eigenvalue weighted by Gasteiger charge is -2.32. The lowest BCUT2D eigenvalue weighted by atomic mass is 10.1. The van der Waals surface area contributed by atoms with E-state index in [1.165, 1.54) is 12.1 Å². The number of aryl methyl sites for hydroxylation is 1. The molecular formula is C37H42FN5O5. The average Bonchev–Trinajstić information content (AvgIpc) is 3.41. The molecule has 1 aliphatic heterocycles. The second-order valence-corrected chi connectivity index (χ2v) is 12.9. The van der Waals surface area contributed by atoms with Crippen molar-refractivity contribution in [1.29, 1.82) is 0 Å². The molecular weight excluding hydrogens is 613 g/mol. The molecule has 2 heterocycles. The molecule has 10 nitrogen and oxygen atoms in total. The maximum absolute atomic E-state index is 14.0. The molecule has 252 valence electrons. The minimum atomic E-state index is -0.926. The summed E-state index contributed by atoms with van der Waals surface area (Å²) in [5.74, 6) is 0.350. The number of esters is 1. The Morgan fingerprint density at radius 1 is 0.958 bits per heavy atom. The van der Waals surface area contributed by atoms with Gasteiger partial charge in [-0.3, -0.25) is 9.59 Å². The number of fused-ring (bicyclic) bond motifs is 1. The molecule has 4 aromatic rings. The maximum Gasteiger partial charge on any atom is 0.408 e. The number of hydrogen-bond acceptors (Lipinski definition) is 7. The molecule has 1 atom stereocenters. The Morgan fingerprint density at radius 2 is 1.67 bits per heavy atom. The van der Waals surface area contributed by atoms with Crippen molar-refractivity contribution in [3.05, 3.63) is 102 Å². The van der Waals surface area contributed by atoms with Crippen LogP contribution in [0.1, 0.15) is 57.0 Å². The number of anilines is 2. The van der Waals surface area contributed by atoms with Crippen LogP contribution in [0.4, 0.5) is 20.7 Å². The number of halogens is 1. The number of amides is 2. The highest BCUT2D eigenvalue weighted by Crippen LogP contribution is 2.33. The fourth-order valence-corrected chi connectivity index (χ4v) is 5.42. The predicted molar refractivity (Wildman–Crippen MR) is 181 cm³/mol. The van der Waals surface area contributed by atoms with E-state index in [1.54, 1.807) is 37.8 Å². The summed E-state index contributed by atoms with van der Waals surface area (Å²) in [5.41, 5.74) is 3.49. The van der Waals surface area contributed by atoms with Gasteiger partial charge in [0.25, 0.3) is 0 Å². The number of rotatable bonds is 11. The highest BCUT2D eigenvalue weighted by molar-refractivity contribution is 5.86. The molecule has 0 radical (unpaired) electrons. The molecule has 1 aliphatic rings. The third-order valence-electron chi connectivity index (χ3n) is 7.82. The summed E-state index contributed by atoms with van der Waals surface area (Å²) in [6.07, 6.45) is -0.0905. The van der Waals surface area contributed by atoms with Crippen LogP contribution in [0.3, 0.4) is 0 Å². The van der Waals surface area contributed by atoms with Gasteiger partial charge in [0.15, 0.2) is 0 Å². The topological polar surface area (TPSA) is 115 Å². The Morgan fingerprint density at radius 3 is 2.35 bits per heavy atom. The van der Waals surface area contributed by atoms with Gasteiger partial charge in [-0.1, -0.05) is 48.0 Å². The summed E-state index contributed by atoms with van der Waals surface area (Å²) in [6.45, 7) is 8.41. The minimum Gasteiger partial charge on any atom is -0.461 e. The Balaban J connectivity index is 1.32. The molecule has 5 rings (SSSR count). The van der Waals surface area contributed by atoms with E-state index < -0.39 is 17.7 Å². The first-order chi connectivity index (χ1) is 22.9. The van der Waals surface area contributed by atoms with E-state index in [4.69, 9.17) is 14.5 Å². The molecule has 0 spiro atoms. The van der Waals surface area contributed by atoms with Gasteiger partial charge in [-0.05, 0) is 82.5 Å². The van der Waals surface area contributed by atoms with E-state index in [0.29, 0.717) is 31.0 Å². The van der Waals surface area contributed by atoms with Crippen LogP contribution in [-0.4, -0.2) is 50.6 Å². The van der Waals surface area contributed by atoms with Gasteiger partial charge >= 0.3 is 12.1 Å². The molecule has 0 fully saturated rings. The minimum absolute atomic E-state index is 0.0894. The van der Waals surface area contributed by atoms with E-state index in [0.717, 1.165) is 28.2 Å². The number of benzene rings is 3. The standard InChI is InChI=1S/C37H42FN5O5/c1-25-13-19-29(20-14-25)39-34-33(27-15-17-28(38)18-16-27)41-31-23-42(21-22-43(31)34)35(45)30(40-36(46)48-37(2,3)4)11-8-12-32(44)47-24-26-9-6-5-7-10-26/h5-7,9-10,13-20,30,39H,8,11-12,21-24H2,1-4H3,(H,40,46)/t30-/m0/s1. The zero-order chi connectivity index (χ0) is 34.3. The molecule has 0 saturated carbocycles. The zero-order valence-corrected chi connectivity index (χ0v) is 27.8. The van der Waals surface area contributed by atoms with E-state index in [9.17, 15) is 18.8 Å². The number of nitrogens with zero attached hydrogens (tertiary/aromatic N) is 3. The third kappa shape index (κ3) is 9.21. The summed E-state index contributed by atoms with van der Waals surface area (Å²) in [7, 11) is 0. The molecule has 11 heteroatoms. The van der Waals surface area contributed by atoms with Crippen molar-refractivity contribution >= 4 is 29.5 Å². The molecule has 0 aliphatic carbocycles. The highest BCUT2D eigenvalue weighted by atomic mass is 19.1. The SMILES string of the molecule is Cc1ccc(Nc2c(-c3ccc(F)cc3)nc3n2CCN(C(=O)[C@H](CCCC(=O)OCc2ccccc2)NC(=O)OC(C)(C)C)C3)cc1. The van der Waals surface area contributed by atoms with Crippen molar-refractivity contribution < 1.29 is 28.2 Å². The number of alkyl carbamates (subject to hydrolysis) is 1. The molecule has 2 amide bonds. The number of carbonyl (C=O) groups is 3. The quantitative estimate of drug-likeness (QED) is 0.169. The van der Waals surface area contributed by atoms with Crippen LogP contribution in [0.2, 0.25) is 0 Å². The normalized spacial score (nSPS) is 13.3. The summed E-state index contributed by atoms with van der Waals surface area (Å²) < 4.78 is 26.7. The lowest BCUT2D eigenvalue weighted by Crippen LogP contribution is -2.51. The maximum atomic E-state index is 14.0. The molecule has 0 saturated heterocycles. The monoisotopic (exact) mass is 655 g/mol. The summed E-state index contributed by atoms with van der Waals surface area (Å²) in [4.78, 5) is 45.8. The van der Waals surface area contributed by atoms with E-state index in [-0.39, 0.29) is 43.7 Å². The second-order valence-electron chi connectivity index (χ2n) is 12.9. The third-order valence-corrected chi connectivity index (χ3v) is 7.82. The number of imidazole rings is 1. The number of aromatic nitrogens is 2. The van der Waals surface area contributed by atoms with Gasteiger partial charge in [-0.15, -0.1) is 0 Å². The fourth-order valence-electron chi connectivity index (χ4n) is 5.42. The number of ether oxygens (including phenoxy) is 2. The summed E-state index contributed by atoms with van der Waals surface area (Å²) in [6, 6.07) is 22.6. The lowest BCUT2D eigenvalue weighted by molar-refractivity contribution is -0.145. The molecule has 48 heavy (non-hydrogen) atoms. The number of carbonyl (C=O) groups excluding carboxylic acids is 3. The van der Waals surface area contributed by atoms with E-state index in [1.807, 2.05) is 66.1 Å². The van der Waals surface area contributed by atoms with E-state index in [2.05, 4.69) is 10.6 Å². The van der Waals surface area contributed by atoms with Gasteiger partial charge in [0.2, 0.25) is 5.91 Å². The smallest absolute Gasteiger partial charge is 0.408 e. The Labute approximate surface area is 280 Å². The van der Waals surface area contributed by atoms with Gasteiger partial charge < -0.3 is 29.6 Å². The fraction of sp³-hybridized carbons (Fsp3) is 0.351. The predicted octanol–water partition coefficient (Wildman–Crippen LogP) is 6.89. The van der Waals surface area contributed by atoms with Crippen molar-refractivity contribution in [3.8, 4) is 11.3 Å². The highest BCUT2D eigenvalue weighted by Gasteiger charge is 2.32. The Bertz CT molecular complexity index is 1720. The molecule has 2 N–H and O–H groups in total. The first kappa shape index (κ1) is 34.2. The van der Waals surface area contributed by atoms with Crippen molar-refractivity contribution in [2.75, 3.05) is 11.9 Å².